The molecule has 0 atom stereocenters. The molecule has 3 N–H and O–H groups in total. The fraction of sp³-hybridized carbons (Fsp3) is 0. The molecular formula is C12H9BrClFN2O2S. The number of benzene rings is 2. The molecule has 0 saturated heterocycles. The van der Waals surface area contributed by atoms with Gasteiger partial charge < -0.3 is 5.73 Å². The zero-order valence-corrected chi connectivity index (χ0v) is 13.1. The molecule has 4 nitrogen and oxygen atoms in total. The number of nitrogens with one attached hydrogen (secondary N) is 1. The molecule has 0 radical (unpaired) electrons. The monoisotopic (exact) mass is 378 g/mol. The van der Waals surface area contributed by atoms with Gasteiger partial charge in [0.2, 0.25) is 0 Å². The predicted octanol–water partition coefficient (Wildman–Crippen LogP) is 3.62. The van der Waals surface area contributed by atoms with E-state index >= 15 is 0 Å². The van der Waals surface area contributed by atoms with Crippen molar-refractivity contribution in [3.63, 3.8) is 0 Å². The minimum atomic E-state index is -3.93. The second-order valence-electron chi connectivity index (χ2n) is 3.91. The van der Waals surface area contributed by atoms with Gasteiger partial charge in [0.1, 0.15) is 5.82 Å². The van der Waals surface area contributed by atoms with Crippen LogP contribution in [0.3, 0.4) is 0 Å². The first-order chi connectivity index (χ1) is 9.29. The lowest BCUT2D eigenvalue weighted by Crippen LogP contribution is -2.13. The normalized spacial score (nSPS) is 11.3. The van der Waals surface area contributed by atoms with Crippen LogP contribution in [0.2, 0.25) is 5.02 Å². The lowest BCUT2D eigenvalue weighted by molar-refractivity contribution is 0.596. The quantitative estimate of drug-likeness (QED) is 0.800. The maximum Gasteiger partial charge on any atom is 0.262 e. The summed E-state index contributed by atoms with van der Waals surface area (Å²) in [6.07, 6.45) is 0. The van der Waals surface area contributed by atoms with E-state index in [1.807, 2.05) is 0 Å². The summed E-state index contributed by atoms with van der Waals surface area (Å²) in [7, 11) is -3.93. The molecule has 2 aromatic rings. The second kappa shape index (κ2) is 5.59. The highest BCUT2D eigenvalue weighted by Gasteiger charge is 2.17. The highest BCUT2D eigenvalue weighted by atomic mass is 79.9. The van der Waals surface area contributed by atoms with Crippen molar-refractivity contribution in [3.05, 3.63) is 51.7 Å². The first-order valence-corrected chi connectivity index (χ1v) is 7.98. The first kappa shape index (κ1) is 15.1. The first-order valence-electron chi connectivity index (χ1n) is 5.32. The summed E-state index contributed by atoms with van der Waals surface area (Å²) in [5.41, 5.74) is 5.45. The fourth-order valence-corrected chi connectivity index (χ4v) is 3.19. The molecule has 0 spiro atoms. The van der Waals surface area contributed by atoms with Gasteiger partial charge in [-0.25, -0.2) is 12.8 Å². The van der Waals surface area contributed by atoms with Crippen molar-refractivity contribution in [1.82, 2.24) is 0 Å². The standard InChI is InChI=1S/C12H9BrClFN2O2S/c13-9-3-1-7(14)5-12(9)17-20(18,19)8-2-4-11(16)10(15)6-8/h1-6,17H,16H2. The lowest BCUT2D eigenvalue weighted by atomic mass is 10.3. The molecule has 2 aromatic carbocycles. The molecule has 0 aliphatic rings. The van der Waals surface area contributed by atoms with Gasteiger partial charge in [-0.3, -0.25) is 4.72 Å². The summed E-state index contributed by atoms with van der Waals surface area (Å²) in [6.45, 7) is 0. The summed E-state index contributed by atoms with van der Waals surface area (Å²) >= 11 is 9.01. The molecule has 0 fully saturated rings. The fourth-order valence-electron chi connectivity index (χ4n) is 1.45. The zero-order valence-electron chi connectivity index (χ0n) is 9.90. The Balaban J connectivity index is 2.40. The molecule has 0 aromatic heterocycles. The van der Waals surface area contributed by atoms with Gasteiger partial charge >= 0.3 is 0 Å². The third kappa shape index (κ3) is 3.23. The summed E-state index contributed by atoms with van der Waals surface area (Å²) in [6, 6.07) is 7.92. The molecule has 8 heteroatoms. The molecule has 0 aliphatic carbocycles. The van der Waals surface area contributed by atoms with E-state index in [0.29, 0.717) is 9.50 Å². The molecule has 0 bridgehead atoms. The molecular weight excluding hydrogens is 371 g/mol. The molecule has 2 rings (SSSR count). The smallest absolute Gasteiger partial charge is 0.262 e. The Hall–Kier alpha value is -1.31. The minimum Gasteiger partial charge on any atom is -0.396 e. The van der Waals surface area contributed by atoms with E-state index in [2.05, 4.69) is 20.7 Å². The number of halogens is 3. The molecule has 0 saturated carbocycles. The van der Waals surface area contributed by atoms with Crippen molar-refractivity contribution in [2.75, 3.05) is 10.5 Å². The third-order valence-electron chi connectivity index (χ3n) is 2.45. The number of nitrogen functional groups attached to an aromatic ring is 1. The van der Waals surface area contributed by atoms with Crippen LogP contribution >= 0.6 is 27.5 Å². The van der Waals surface area contributed by atoms with E-state index < -0.39 is 15.8 Å². The van der Waals surface area contributed by atoms with Gasteiger partial charge in [0.05, 0.1) is 16.3 Å². The zero-order chi connectivity index (χ0) is 14.9. The number of hydrogen-bond donors (Lipinski definition) is 2. The van der Waals surface area contributed by atoms with Crippen LogP contribution in [0.4, 0.5) is 15.8 Å². The van der Waals surface area contributed by atoms with Crippen LogP contribution in [0.25, 0.3) is 0 Å². The number of hydrogen-bond acceptors (Lipinski definition) is 3. The Bertz CT molecular complexity index is 768. The molecule has 0 heterocycles. The van der Waals surface area contributed by atoms with E-state index in [4.69, 9.17) is 17.3 Å². The molecule has 0 amide bonds. The summed E-state index contributed by atoms with van der Waals surface area (Å²) in [4.78, 5) is -0.226. The van der Waals surface area contributed by atoms with Gasteiger partial charge in [-0.05, 0) is 52.3 Å². The van der Waals surface area contributed by atoms with Crippen molar-refractivity contribution in [2.45, 2.75) is 4.90 Å². The maximum absolute atomic E-state index is 13.3. The van der Waals surface area contributed by atoms with Crippen LogP contribution in [0, 0.1) is 5.82 Å². The minimum absolute atomic E-state index is 0.118. The van der Waals surface area contributed by atoms with E-state index in [1.54, 1.807) is 12.1 Å². The van der Waals surface area contributed by atoms with Gasteiger partial charge in [0.25, 0.3) is 10.0 Å². The highest BCUT2D eigenvalue weighted by molar-refractivity contribution is 9.10. The Kier molecular flexibility index (Phi) is 4.22. The largest absolute Gasteiger partial charge is 0.396 e. The lowest BCUT2D eigenvalue weighted by Gasteiger charge is -2.10. The van der Waals surface area contributed by atoms with Crippen LogP contribution in [-0.4, -0.2) is 8.42 Å². The highest BCUT2D eigenvalue weighted by Crippen LogP contribution is 2.28. The van der Waals surface area contributed by atoms with Crippen LogP contribution in [-0.2, 0) is 10.0 Å². The predicted molar refractivity (Wildman–Crippen MR) is 80.8 cm³/mol. The summed E-state index contributed by atoms with van der Waals surface area (Å²) in [5.74, 6) is -0.793. The van der Waals surface area contributed by atoms with E-state index in [0.717, 1.165) is 6.07 Å². The number of rotatable bonds is 3. The molecule has 106 valence electrons. The van der Waals surface area contributed by atoms with Crippen molar-refractivity contribution in [1.29, 1.82) is 0 Å². The maximum atomic E-state index is 13.3. The summed E-state index contributed by atoms with van der Waals surface area (Å²) < 4.78 is 40.5. The molecule has 0 aliphatic heterocycles. The van der Waals surface area contributed by atoms with Crippen LogP contribution < -0.4 is 10.5 Å². The molecule has 20 heavy (non-hydrogen) atoms. The summed E-state index contributed by atoms with van der Waals surface area (Å²) in [5, 5.41) is 0.370. The second-order valence-corrected chi connectivity index (χ2v) is 6.89. The van der Waals surface area contributed by atoms with Gasteiger partial charge in [0, 0.05) is 9.50 Å². The topological polar surface area (TPSA) is 72.2 Å². The van der Waals surface area contributed by atoms with E-state index in [-0.39, 0.29) is 16.3 Å². The van der Waals surface area contributed by atoms with Gasteiger partial charge in [-0.2, -0.15) is 0 Å². The van der Waals surface area contributed by atoms with E-state index in [1.165, 1.54) is 18.2 Å². The van der Waals surface area contributed by atoms with Gasteiger partial charge in [0.15, 0.2) is 0 Å². The van der Waals surface area contributed by atoms with Crippen molar-refractivity contribution < 1.29 is 12.8 Å². The Labute approximate surface area is 128 Å². The van der Waals surface area contributed by atoms with Crippen molar-refractivity contribution in [2.24, 2.45) is 0 Å². The Morgan fingerprint density at radius 2 is 1.90 bits per heavy atom. The number of anilines is 2. The number of sulfonamides is 1. The van der Waals surface area contributed by atoms with Crippen molar-refractivity contribution in [3.8, 4) is 0 Å². The molecule has 0 unspecified atom stereocenters. The Morgan fingerprint density at radius 1 is 1.20 bits per heavy atom. The van der Waals surface area contributed by atoms with Gasteiger partial charge in [-0.15, -0.1) is 0 Å². The average molecular weight is 380 g/mol. The van der Waals surface area contributed by atoms with Crippen molar-refractivity contribution >= 4 is 48.9 Å². The third-order valence-corrected chi connectivity index (χ3v) is 4.74. The average Bonchev–Trinajstić information content (AvgIpc) is 2.36. The van der Waals surface area contributed by atoms with Gasteiger partial charge in [-0.1, -0.05) is 11.6 Å². The number of nitrogens with two attached hydrogens (primary N) is 1. The van der Waals surface area contributed by atoms with Crippen LogP contribution in [0.15, 0.2) is 45.8 Å². The van der Waals surface area contributed by atoms with Crippen LogP contribution in [0.1, 0.15) is 0 Å². The Morgan fingerprint density at radius 3 is 2.55 bits per heavy atom. The van der Waals surface area contributed by atoms with Crippen LogP contribution in [0.5, 0.6) is 0 Å². The van der Waals surface area contributed by atoms with E-state index in [9.17, 15) is 12.8 Å². The SMILES string of the molecule is Nc1ccc(S(=O)(=O)Nc2cc(Cl)ccc2Br)cc1F.